The SMILES string of the molecule is CCCCC(C)N1CCC[C@H]1C(=O)NCC(=O)O. The van der Waals surface area contributed by atoms with E-state index in [4.69, 9.17) is 5.11 Å². The molecule has 1 rings (SSSR count). The average molecular weight is 256 g/mol. The van der Waals surface area contributed by atoms with Crippen molar-refractivity contribution in [2.45, 2.75) is 58.0 Å². The Balaban J connectivity index is 2.47. The molecule has 104 valence electrons. The van der Waals surface area contributed by atoms with Crippen molar-refractivity contribution in [1.82, 2.24) is 10.2 Å². The lowest BCUT2D eigenvalue weighted by Gasteiger charge is -2.29. The molecule has 1 saturated heterocycles. The van der Waals surface area contributed by atoms with Crippen LogP contribution in [0.3, 0.4) is 0 Å². The van der Waals surface area contributed by atoms with Crippen LogP contribution in [0.1, 0.15) is 46.0 Å². The van der Waals surface area contributed by atoms with Crippen LogP contribution in [-0.4, -0.2) is 47.1 Å². The minimum Gasteiger partial charge on any atom is -0.480 e. The lowest BCUT2D eigenvalue weighted by molar-refractivity contribution is -0.138. The summed E-state index contributed by atoms with van der Waals surface area (Å²) in [6.45, 7) is 4.97. The fourth-order valence-corrected chi connectivity index (χ4v) is 2.54. The van der Waals surface area contributed by atoms with Gasteiger partial charge < -0.3 is 10.4 Å². The highest BCUT2D eigenvalue weighted by molar-refractivity contribution is 5.85. The topological polar surface area (TPSA) is 69.6 Å². The van der Waals surface area contributed by atoms with Crippen molar-refractivity contribution in [1.29, 1.82) is 0 Å². The second-order valence-corrected chi connectivity index (χ2v) is 5.00. The minimum absolute atomic E-state index is 0.141. The third-order valence-electron chi connectivity index (χ3n) is 3.55. The Morgan fingerprint density at radius 1 is 1.50 bits per heavy atom. The van der Waals surface area contributed by atoms with Crippen LogP contribution in [0.25, 0.3) is 0 Å². The van der Waals surface area contributed by atoms with Crippen LogP contribution in [0.15, 0.2) is 0 Å². The molecule has 18 heavy (non-hydrogen) atoms. The van der Waals surface area contributed by atoms with Crippen molar-refractivity contribution < 1.29 is 14.7 Å². The lowest BCUT2D eigenvalue weighted by atomic mass is 10.1. The van der Waals surface area contributed by atoms with Crippen molar-refractivity contribution >= 4 is 11.9 Å². The number of rotatable bonds is 7. The van der Waals surface area contributed by atoms with Crippen LogP contribution in [0.2, 0.25) is 0 Å². The van der Waals surface area contributed by atoms with Crippen molar-refractivity contribution in [2.75, 3.05) is 13.1 Å². The summed E-state index contributed by atoms with van der Waals surface area (Å²) >= 11 is 0. The van der Waals surface area contributed by atoms with Gasteiger partial charge in [-0.15, -0.1) is 0 Å². The normalized spacial score (nSPS) is 21.8. The van der Waals surface area contributed by atoms with Gasteiger partial charge in [-0.25, -0.2) is 0 Å². The maximum atomic E-state index is 11.9. The van der Waals surface area contributed by atoms with E-state index in [0.29, 0.717) is 6.04 Å². The van der Waals surface area contributed by atoms with Crippen molar-refractivity contribution in [2.24, 2.45) is 0 Å². The first kappa shape index (κ1) is 15.0. The van der Waals surface area contributed by atoms with E-state index < -0.39 is 5.97 Å². The lowest BCUT2D eigenvalue weighted by Crippen LogP contribution is -2.47. The summed E-state index contributed by atoms with van der Waals surface area (Å²) in [4.78, 5) is 24.6. The van der Waals surface area contributed by atoms with Crippen LogP contribution in [-0.2, 0) is 9.59 Å². The molecule has 1 unspecified atom stereocenters. The number of hydrogen-bond donors (Lipinski definition) is 2. The summed E-state index contributed by atoms with van der Waals surface area (Å²) in [5, 5.41) is 11.1. The van der Waals surface area contributed by atoms with Crippen LogP contribution in [0.5, 0.6) is 0 Å². The van der Waals surface area contributed by atoms with Gasteiger partial charge in [0.25, 0.3) is 0 Å². The van der Waals surface area contributed by atoms with E-state index in [1.807, 2.05) is 0 Å². The van der Waals surface area contributed by atoms with Gasteiger partial charge in [0.05, 0.1) is 6.04 Å². The van der Waals surface area contributed by atoms with Crippen molar-refractivity contribution in [3.05, 3.63) is 0 Å². The molecule has 0 aliphatic carbocycles. The zero-order valence-corrected chi connectivity index (χ0v) is 11.3. The highest BCUT2D eigenvalue weighted by Crippen LogP contribution is 2.22. The second-order valence-electron chi connectivity index (χ2n) is 5.00. The van der Waals surface area contributed by atoms with Gasteiger partial charge in [-0.1, -0.05) is 19.8 Å². The van der Waals surface area contributed by atoms with Gasteiger partial charge >= 0.3 is 5.97 Å². The number of carbonyl (C=O) groups excluding carboxylic acids is 1. The molecule has 0 aromatic carbocycles. The predicted octanol–water partition coefficient (Wildman–Crippen LogP) is 1.23. The number of carboxylic acids is 1. The number of amides is 1. The molecule has 0 aromatic heterocycles. The molecule has 0 spiro atoms. The second kappa shape index (κ2) is 7.36. The summed E-state index contributed by atoms with van der Waals surface area (Å²) in [6.07, 6.45) is 5.28. The highest BCUT2D eigenvalue weighted by atomic mass is 16.4. The fraction of sp³-hybridized carbons (Fsp3) is 0.846. The molecule has 0 saturated carbocycles. The van der Waals surface area contributed by atoms with Gasteiger partial charge in [0.2, 0.25) is 5.91 Å². The number of carbonyl (C=O) groups is 2. The number of nitrogens with one attached hydrogen (secondary N) is 1. The molecule has 0 aromatic rings. The molecule has 1 aliphatic heterocycles. The van der Waals surface area contributed by atoms with Crippen LogP contribution in [0.4, 0.5) is 0 Å². The first-order chi connectivity index (χ1) is 8.56. The third-order valence-corrected chi connectivity index (χ3v) is 3.55. The van der Waals surface area contributed by atoms with E-state index in [-0.39, 0.29) is 18.5 Å². The van der Waals surface area contributed by atoms with Gasteiger partial charge in [0.15, 0.2) is 0 Å². The van der Waals surface area contributed by atoms with Gasteiger partial charge in [-0.3, -0.25) is 14.5 Å². The van der Waals surface area contributed by atoms with E-state index in [9.17, 15) is 9.59 Å². The molecule has 0 radical (unpaired) electrons. The van der Waals surface area contributed by atoms with Gasteiger partial charge in [-0.05, 0) is 32.7 Å². The zero-order chi connectivity index (χ0) is 13.5. The summed E-state index contributed by atoms with van der Waals surface area (Å²) in [5.74, 6) is -1.13. The van der Waals surface area contributed by atoms with E-state index in [1.165, 1.54) is 6.42 Å². The molecule has 1 fully saturated rings. The first-order valence-electron chi connectivity index (χ1n) is 6.81. The third kappa shape index (κ3) is 4.29. The molecule has 1 aliphatic rings. The predicted molar refractivity (Wildman–Crippen MR) is 69.4 cm³/mol. The summed E-state index contributed by atoms with van der Waals surface area (Å²) < 4.78 is 0. The zero-order valence-electron chi connectivity index (χ0n) is 11.3. The molecule has 0 bridgehead atoms. The fourth-order valence-electron chi connectivity index (χ4n) is 2.54. The summed E-state index contributed by atoms with van der Waals surface area (Å²) in [5.41, 5.74) is 0. The Morgan fingerprint density at radius 3 is 2.83 bits per heavy atom. The van der Waals surface area contributed by atoms with Gasteiger partial charge in [-0.2, -0.15) is 0 Å². The summed E-state index contributed by atoms with van der Waals surface area (Å²) in [6, 6.07) is 0.254. The Bertz CT molecular complexity index is 294. The number of likely N-dealkylation sites (tertiary alicyclic amines) is 1. The number of carboxylic acid groups (broad SMARTS) is 1. The average Bonchev–Trinajstić information content (AvgIpc) is 2.82. The number of hydrogen-bond acceptors (Lipinski definition) is 3. The Kier molecular flexibility index (Phi) is 6.12. The molecule has 1 heterocycles. The molecule has 2 atom stereocenters. The van der Waals surface area contributed by atoms with Crippen LogP contribution >= 0.6 is 0 Å². The Hall–Kier alpha value is -1.10. The highest BCUT2D eigenvalue weighted by Gasteiger charge is 2.33. The maximum absolute atomic E-state index is 11.9. The van der Waals surface area contributed by atoms with Gasteiger partial charge in [0.1, 0.15) is 6.54 Å². The molecular weight excluding hydrogens is 232 g/mol. The smallest absolute Gasteiger partial charge is 0.322 e. The number of unbranched alkanes of at least 4 members (excludes halogenated alkanes) is 1. The van der Waals surface area contributed by atoms with E-state index >= 15 is 0 Å². The van der Waals surface area contributed by atoms with Crippen LogP contribution in [0, 0.1) is 0 Å². The van der Waals surface area contributed by atoms with E-state index in [0.717, 1.165) is 32.2 Å². The van der Waals surface area contributed by atoms with E-state index in [2.05, 4.69) is 24.1 Å². The monoisotopic (exact) mass is 256 g/mol. The molecule has 2 N–H and O–H groups in total. The first-order valence-corrected chi connectivity index (χ1v) is 6.81. The summed E-state index contributed by atoms with van der Waals surface area (Å²) in [7, 11) is 0. The number of nitrogens with zero attached hydrogens (tertiary/aromatic N) is 1. The quantitative estimate of drug-likeness (QED) is 0.719. The number of aliphatic carboxylic acids is 1. The Morgan fingerprint density at radius 2 is 2.22 bits per heavy atom. The standard InChI is InChI=1S/C13H24N2O3/c1-3-4-6-10(2)15-8-5-7-11(15)13(18)14-9-12(16)17/h10-11H,3-9H2,1-2H3,(H,14,18)(H,16,17)/t10?,11-/m0/s1. The van der Waals surface area contributed by atoms with E-state index in [1.54, 1.807) is 0 Å². The molecule has 5 heteroatoms. The molecular formula is C13H24N2O3. The minimum atomic E-state index is -0.994. The Labute approximate surface area is 109 Å². The van der Waals surface area contributed by atoms with Gasteiger partial charge in [0, 0.05) is 6.04 Å². The van der Waals surface area contributed by atoms with Crippen LogP contribution < -0.4 is 5.32 Å². The van der Waals surface area contributed by atoms with Crippen molar-refractivity contribution in [3.63, 3.8) is 0 Å². The largest absolute Gasteiger partial charge is 0.480 e. The van der Waals surface area contributed by atoms with Crippen molar-refractivity contribution in [3.8, 4) is 0 Å². The maximum Gasteiger partial charge on any atom is 0.322 e. The molecule has 1 amide bonds. The molecule has 5 nitrogen and oxygen atoms in total.